The van der Waals surface area contributed by atoms with Gasteiger partial charge in [0.25, 0.3) is 0 Å². The molecule has 3 atom stereocenters. The number of pyridine rings is 2. The fourth-order valence-electron chi connectivity index (χ4n) is 5.03. The lowest BCUT2D eigenvalue weighted by Crippen LogP contribution is -2.47. The molecule has 36 heavy (non-hydrogen) atoms. The van der Waals surface area contributed by atoms with Crippen molar-refractivity contribution >= 4 is 11.4 Å². The third kappa shape index (κ3) is 6.94. The Bertz CT molecular complexity index is 1010. The van der Waals surface area contributed by atoms with Gasteiger partial charge in [0.05, 0.1) is 35.4 Å². The summed E-state index contributed by atoms with van der Waals surface area (Å²) in [7, 11) is 0. The monoisotopic (exact) mass is 497 g/mol. The van der Waals surface area contributed by atoms with Gasteiger partial charge in [-0.05, 0) is 53.4 Å². The number of hydrogen-bond acceptors (Lipinski definition) is 6. The van der Waals surface area contributed by atoms with E-state index in [1.165, 1.54) is 5.56 Å². The number of anilines is 2. The van der Waals surface area contributed by atoms with Crippen LogP contribution in [0.2, 0.25) is 0 Å². The van der Waals surface area contributed by atoms with E-state index < -0.39 is 6.17 Å². The number of likely N-dealkylation sites (tertiary alicyclic amines) is 1. The van der Waals surface area contributed by atoms with Crippen LogP contribution in [0.4, 0.5) is 15.8 Å². The maximum Gasteiger partial charge on any atom is 0.133 e. The van der Waals surface area contributed by atoms with E-state index in [-0.39, 0.29) is 23.0 Å². The minimum absolute atomic E-state index is 0.0102. The van der Waals surface area contributed by atoms with Crippen molar-refractivity contribution in [3.05, 3.63) is 47.5 Å². The first kappa shape index (κ1) is 26.8. The SMILES string of the molecule is CC(C)(C)c1cncc(NC2CCN(Cc3ncc(NCC4CCCO4)cc3C(C)(C)C)CC2F)c1. The zero-order valence-electron chi connectivity index (χ0n) is 22.9. The Hall–Kier alpha value is -2.25. The summed E-state index contributed by atoms with van der Waals surface area (Å²) >= 11 is 0. The van der Waals surface area contributed by atoms with Crippen LogP contribution in [0.25, 0.3) is 0 Å². The second-order valence-corrected chi connectivity index (χ2v) is 12.5. The van der Waals surface area contributed by atoms with Crippen LogP contribution in [0.1, 0.15) is 77.6 Å². The first-order chi connectivity index (χ1) is 17.0. The van der Waals surface area contributed by atoms with Gasteiger partial charge in [0.1, 0.15) is 6.17 Å². The topological polar surface area (TPSA) is 62.3 Å². The quantitative estimate of drug-likeness (QED) is 0.513. The van der Waals surface area contributed by atoms with Gasteiger partial charge in [0, 0.05) is 45.2 Å². The number of ether oxygens (including phenoxy) is 1. The van der Waals surface area contributed by atoms with Crippen molar-refractivity contribution in [3.63, 3.8) is 0 Å². The molecule has 0 amide bonds. The largest absolute Gasteiger partial charge is 0.381 e. The number of hydrogen-bond donors (Lipinski definition) is 2. The standard InChI is InChI=1S/C29H44FN5O/c1-28(2,3)20-12-22(15-31-14-20)34-26-9-10-35(18-25(26)30)19-27-24(29(4,5)6)13-21(16-33-27)32-17-23-8-7-11-36-23/h12-16,23,25-26,32,34H,7-11,17-19H2,1-6H3. The van der Waals surface area contributed by atoms with E-state index in [1.54, 1.807) is 6.20 Å². The number of halogens is 1. The van der Waals surface area contributed by atoms with E-state index in [1.807, 2.05) is 12.4 Å². The molecule has 2 aliphatic heterocycles. The Morgan fingerprint density at radius 3 is 2.50 bits per heavy atom. The van der Waals surface area contributed by atoms with E-state index in [9.17, 15) is 0 Å². The van der Waals surface area contributed by atoms with Crippen LogP contribution >= 0.6 is 0 Å². The molecular formula is C29H44FN5O. The molecule has 0 aromatic carbocycles. The minimum atomic E-state index is -0.956. The van der Waals surface area contributed by atoms with Gasteiger partial charge in [0.2, 0.25) is 0 Å². The average molecular weight is 498 g/mol. The lowest BCUT2D eigenvalue weighted by atomic mass is 9.85. The summed E-state index contributed by atoms with van der Waals surface area (Å²) in [5.41, 5.74) is 5.27. The number of rotatable bonds is 7. The molecule has 2 aromatic heterocycles. The van der Waals surface area contributed by atoms with Gasteiger partial charge in [-0.15, -0.1) is 0 Å². The summed E-state index contributed by atoms with van der Waals surface area (Å²) in [4.78, 5) is 11.4. The number of nitrogens with one attached hydrogen (secondary N) is 2. The highest BCUT2D eigenvalue weighted by molar-refractivity contribution is 5.48. The smallest absolute Gasteiger partial charge is 0.133 e. The average Bonchev–Trinajstić information content (AvgIpc) is 3.33. The molecule has 2 fully saturated rings. The van der Waals surface area contributed by atoms with Crippen LogP contribution in [0.3, 0.4) is 0 Å². The Kier molecular flexibility index (Phi) is 8.20. The summed E-state index contributed by atoms with van der Waals surface area (Å²) in [6, 6.07) is 4.10. The fraction of sp³-hybridized carbons (Fsp3) is 0.655. The maximum atomic E-state index is 15.3. The second-order valence-electron chi connectivity index (χ2n) is 12.5. The Balaban J connectivity index is 1.38. The molecule has 4 rings (SSSR count). The highest BCUT2D eigenvalue weighted by Gasteiger charge is 2.31. The van der Waals surface area contributed by atoms with Crippen LogP contribution in [0, 0.1) is 0 Å². The van der Waals surface area contributed by atoms with E-state index in [2.05, 4.69) is 74.2 Å². The normalized spacial score (nSPS) is 23.6. The Morgan fingerprint density at radius 2 is 1.83 bits per heavy atom. The molecule has 2 saturated heterocycles. The maximum absolute atomic E-state index is 15.3. The van der Waals surface area contributed by atoms with Gasteiger partial charge in [-0.3, -0.25) is 14.9 Å². The van der Waals surface area contributed by atoms with E-state index in [4.69, 9.17) is 9.72 Å². The van der Waals surface area contributed by atoms with Crippen molar-refractivity contribution < 1.29 is 9.13 Å². The summed E-state index contributed by atoms with van der Waals surface area (Å²) in [5.74, 6) is 0. The molecule has 3 unspecified atom stereocenters. The van der Waals surface area contributed by atoms with Crippen molar-refractivity contribution in [1.29, 1.82) is 0 Å². The van der Waals surface area contributed by atoms with E-state index in [0.717, 1.165) is 61.6 Å². The molecule has 0 saturated carbocycles. The van der Waals surface area contributed by atoms with Crippen LogP contribution in [0.15, 0.2) is 30.7 Å². The lowest BCUT2D eigenvalue weighted by Gasteiger charge is -2.36. The Morgan fingerprint density at radius 1 is 1.03 bits per heavy atom. The first-order valence-corrected chi connectivity index (χ1v) is 13.4. The highest BCUT2D eigenvalue weighted by Crippen LogP contribution is 2.30. The summed E-state index contributed by atoms with van der Waals surface area (Å²) < 4.78 is 21.0. The summed E-state index contributed by atoms with van der Waals surface area (Å²) in [6.07, 6.45) is 7.92. The van der Waals surface area contributed by atoms with Crippen molar-refractivity contribution in [2.45, 2.75) is 96.5 Å². The predicted octanol–water partition coefficient (Wildman–Crippen LogP) is 5.69. The highest BCUT2D eigenvalue weighted by atomic mass is 19.1. The summed E-state index contributed by atoms with van der Waals surface area (Å²) in [6.45, 7) is 16.7. The van der Waals surface area contributed by atoms with Gasteiger partial charge < -0.3 is 15.4 Å². The molecular weight excluding hydrogens is 453 g/mol. The molecule has 2 aliphatic rings. The number of nitrogens with zero attached hydrogens (tertiary/aromatic N) is 3. The lowest BCUT2D eigenvalue weighted by molar-refractivity contribution is 0.119. The zero-order valence-corrected chi connectivity index (χ0v) is 22.9. The van der Waals surface area contributed by atoms with Crippen molar-refractivity contribution in [3.8, 4) is 0 Å². The Labute approximate surface area is 216 Å². The molecule has 198 valence electrons. The number of alkyl halides is 1. The first-order valence-electron chi connectivity index (χ1n) is 13.4. The van der Waals surface area contributed by atoms with Gasteiger partial charge in [-0.25, -0.2) is 4.39 Å². The zero-order chi connectivity index (χ0) is 25.9. The predicted molar refractivity (Wildman–Crippen MR) is 146 cm³/mol. The van der Waals surface area contributed by atoms with Gasteiger partial charge in [0.15, 0.2) is 0 Å². The number of aromatic nitrogens is 2. The summed E-state index contributed by atoms with van der Waals surface area (Å²) in [5, 5.41) is 6.91. The van der Waals surface area contributed by atoms with Crippen molar-refractivity contribution in [2.75, 3.05) is 36.9 Å². The van der Waals surface area contributed by atoms with Crippen molar-refractivity contribution in [1.82, 2.24) is 14.9 Å². The van der Waals surface area contributed by atoms with Crippen LogP contribution in [0.5, 0.6) is 0 Å². The molecule has 4 heterocycles. The number of piperidine rings is 1. The molecule has 0 bridgehead atoms. The third-order valence-corrected chi connectivity index (χ3v) is 7.29. The van der Waals surface area contributed by atoms with Crippen LogP contribution < -0.4 is 10.6 Å². The fourth-order valence-corrected chi connectivity index (χ4v) is 5.03. The van der Waals surface area contributed by atoms with Gasteiger partial charge in [-0.1, -0.05) is 41.5 Å². The molecule has 6 nitrogen and oxygen atoms in total. The second kappa shape index (κ2) is 11.0. The van der Waals surface area contributed by atoms with Gasteiger partial charge >= 0.3 is 0 Å². The van der Waals surface area contributed by atoms with Crippen LogP contribution in [-0.4, -0.2) is 59.4 Å². The molecule has 0 aliphatic carbocycles. The van der Waals surface area contributed by atoms with Crippen LogP contribution in [-0.2, 0) is 22.1 Å². The third-order valence-electron chi connectivity index (χ3n) is 7.29. The van der Waals surface area contributed by atoms with Gasteiger partial charge in [-0.2, -0.15) is 0 Å². The molecule has 0 radical (unpaired) electrons. The minimum Gasteiger partial charge on any atom is -0.381 e. The molecule has 7 heteroatoms. The molecule has 0 spiro atoms. The molecule has 2 aromatic rings. The molecule has 2 N–H and O–H groups in total. The van der Waals surface area contributed by atoms with Crippen molar-refractivity contribution in [2.24, 2.45) is 0 Å². The van der Waals surface area contributed by atoms with E-state index in [0.29, 0.717) is 13.1 Å². The van der Waals surface area contributed by atoms with E-state index >= 15 is 4.39 Å².